The Bertz CT molecular complexity index is 727. The molecular formula is C24H35FO2. The fourth-order valence-electron chi connectivity index (χ4n) is 3.50. The topological polar surface area (TPSA) is 29.5 Å². The molecule has 1 N–H and O–H groups in total. The second-order valence-electron chi connectivity index (χ2n) is 7.21. The molecule has 0 aliphatic carbocycles. The number of rotatable bonds is 6. The van der Waals surface area contributed by atoms with Crippen molar-refractivity contribution < 1.29 is 14.2 Å². The minimum atomic E-state index is -1.05. The van der Waals surface area contributed by atoms with E-state index in [9.17, 15) is 9.50 Å². The summed E-state index contributed by atoms with van der Waals surface area (Å²) in [4.78, 5) is 0. The Kier molecular flexibility index (Phi) is 8.49. The summed E-state index contributed by atoms with van der Waals surface area (Å²) >= 11 is 0. The average Bonchev–Trinajstić information content (AvgIpc) is 2.68. The predicted octanol–water partition coefficient (Wildman–Crippen LogP) is 6.59. The standard InChI is InChI=1S/C22H29FO2.C2H6/c1-7-16-8-10-18(19-13-17(25-6)9-11-21(19)23)20(12-16)22(24,14(2)3)15(4)5;1-2/h8-15,24H,7H2,1-6H3;1-2H3. The van der Waals surface area contributed by atoms with Gasteiger partial charge in [0.25, 0.3) is 0 Å². The maximum absolute atomic E-state index is 14.6. The van der Waals surface area contributed by atoms with E-state index in [0.717, 1.165) is 23.1 Å². The van der Waals surface area contributed by atoms with Crippen molar-refractivity contribution in [1.82, 2.24) is 0 Å². The number of aryl methyl sites for hydroxylation is 1. The lowest BCUT2D eigenvalue weighted by molar-refractivity contribution is -0.0526. The number of aliphatic hydroxyl groups is 1. The number of ether oxygens (including phenoxy) is 1. The monoisotopic (exact) mass is 374 g/mol. The van der Waals surface area contributed by atoms with Crippen molar-refractivity contribution in [1.29, 1.82) is 0 Å². The van der Waals surface area contributed by atoms with Gasteiger partial charge in [-0.3, -0.25) is 0 Å². The lowest BCUT2D eigenvalue weighted by Gasteiger charge is -2.38. The fraction of sp³-hybridized carbons (Fsp3) is 0.500. The van der Waals surface area contributed by atoms with Gasteiger partial charge < -0.3 is 9.84 Å². The zero-order valence-corrected chi connectivity index (χ0v) is 18.1. The van der Waals surface area contributed by atoms with Crippen LogP contribution in [0.15, 0.2) is 36.4 Å². The van der Waals surface area contributed by atoms with E-state index >= 15 is 0 Å². The van der Waals surface area contributed by atoms with Gasteiger partial charge in [-0.2, -0.15) is 0 Å². The highest BCUT2D eigenvalue weighted by Gasteiger charge is 2.38. The summed E-state index contributed by atoms with van der Waals surface area (Å²) in [6.07, 6.45) is 0.861. The molecule has 0 aliphatic rings. The van der Waals surface area contributed by atoms with Gasteiger partial charge >= 0.3 is 0 Å². The largest absolute Gasteiger partial charge is 0.497 e. The highest BCUT2D eigenvalue weighted by Crippen LogP contribution is 2.43. The minimum Gasteiger partial charge on any atom is -0.497 e. The average molecular weight is 375 g/mol. The molecule has 0 spiro atoms. The van der Waals surface area contributed by atoms with Crippen molar-refractivity contribution in [2.45, 2.75) is 60.5 Å². The maximum Gasteiger partial charge on any atom is 0.131 e. The van der Waals surface area contributed by atoms with Gasteiger partial charge in [0.2, 0.25) is 0 Å². The minimum absolute atomic E-state index is 0.00738. The van der Waals surface area contributed by atoms with E-state index in [2.05, 4.69) is 6.92 Å². The Hall–Kier alpha value is -1.87. The van der Waals surface area contributed by atoms with E-state index in [0.29, 0.717) is 11.3 Å². The van der Waals surface area contributed by atoms with Crippen LogP contribution in [-0.4, -0.2) is 12.2 Å². The van der Waals surface area contributed by atoms with Crippen LogP contribution in [0.25, 0.3) is 11.1 Å². The number of hydrogen-bond acceptors (Lipinski definition) is 2. The molecule has 2 nitrogen and oxygen atoms in total. The van der Waals surface area contributed by atoms with E-state index in [1.807, 2.05) is 59.7 Å². The number of methoxy groups -OCH3 is 1. The molecule has 0 bridgehead atoms. The first-order valence-corrected chi connectivity index (χ1v) is 9.95. The molecule has 0 radical (unpaired) electrons. The van der Waals surface area contributed by atoms with Crippen LogP contribution in [0.5, 0.6) is 5.75 Å². The van der Waals surface area contributed by atoms with Gasteiger partial charge in [0, 0.05) is 5.56 Å². The van der Waals surface area contributed by atoms with E-state index in [4.69, 9.17) is 4.74 Å². The van der Waals surface area contributed by atoms with Gasteiger partial charge in [-0.1, -0.05) is 66.7 Å². The summed E-state index contributed by atoms with van der Waals surface area (Å²) in [5, 5.41) is 11.6. The Labute approximate surface area is 164 Å². The molecule has 2 rings (SSSR count). The van der Waals surface area contributed by atoms with Crippen LogP contribution in [0.1, 0.15) is 59.6 Å². The van der Waals surface area contributed by atoms with Crippen LogP contribution in [0, 0.1) is 17.7 Å². The summed E-state index contributed by atoms with van der Waals surface area (Å²) < 4.78 is 19.9. The van der Waals surface area contributed by atoms with Crippen LogP contribution >= 0.6 is 0 Å². The SMILES string of the molecule is CC.CCc1ccc(-c2cc(OC)ccc2F)c(C(O)(C(C)C)C(C)C)c1. The second-order valence-corrected chi connectivity index (χ2v) is 7.21. The third-order valence-corrected chi connectivity index (χ3v) is 5.15. The van der Waals surface area contributed by atoms with Gasteiger partial charge in [0.05, 0.1) is 12.7 Å². The van der Waals surface area contributed by atoms with Crippen molar-refractivity contribution in [3.8, 4) is 16.9 Å². The fourth-order valence-corrected chi connectivity index (χ4v) is 3.50. The second kappa shape index (κ2) is 9.89. The molecule has 0 atom stereocenters. The summed E-state index contributed by atoms with van der Waals surface area (Å²) in [7, 11) is 1.57. The predicted molar refractivity (Wildman–Crippen MR) is 113 cm³/mol. The lowest BCUT2D eigenvalue weighted by Crippen LogP contribution is -2.38. The molecule has 0 amide bonds. The van der Waals surface area contributed by atoms with E-state index in [-0.39, 0.29) is 17.7 Å². The van der Waals surface area contributed by atoms with Crippen LogP contribution < -0.4 is 4.74 Å². The normalized spacial score (nSPS) is 11.4. The van der Waals surface area contributed by atoms with Crippen molar-refractivity contribution in [3.63, 3.8) is 0 Å². The van der Waals surface area contributed by atoms with Gasteiger partial charge in [-0.25, -0.2) is 4.39 Å². The van der Waals surface area contributed by atoms with Crippen LogP contribution in [-0.2, 0) is 12.0 Å². The Morgan fingerprint density at radius 1 is 0.963 bits per heavy atom. The third-order valence-electron chi connectivity index (χ3n) is 5.15. The zero-order valence-electron chi connectivity index (χ0n) is 18.1. The quantitative estimate of drug-likeness (QED) is 0.618. The van der Waals surface area contributed by atoms with Crippen LogP contribution in [0.2, 0.25) is 0 Å². The Morgan fingerprint density at radius 3 is 2.04 bits per heavy atom. The first-order valence-electron chi connectivity index (χ1n) is 9.95. The molecule has 0 fully saturated rings. The van der Waals surface area contributed by atoms with Crippen LogP contribution in [0.4, 0.5) is 4.39 Å². The maximum atomic E-state index is 14.6. The third kappa shape index (κ3) is 4.70. The highest BCUT2D eigenvalue weighted by molar-refractivity contribution is 5.71. The molecule has 0 aromatic heterocycles. The molecule has 0 unspecified atom stereocenters. The van der Waals surface area contributed by atoms with E-state index < -0.39 is 5.60 Å². The molecule has 2 aromatic carbocycles. The lowest BCUT2D eigenvalue weighted by atomic mass is 9.72. The summed E-state index contributed by atoms with van der Waals surface area (Å²) in [6, 6.07) is 10.7. The van der Waals surface area contributed by atoms with E-state index in [1.54, 1.807) is 19.2 Å². The number of halogens is 1. The summed E-state index contributed by atoms with van der Waals surface area (Å²) in [6.45, 7) is 14.1. The van der Waals surface area contributed by atoms with Crippen molar-refractivity contribution in [2.75, 3.05) is 7.11 Å². The van der Waals surface area contributed by atoms with Crippen molar-refractivity contribution in [2.24, 2.45) is 11.8 Å². The summed E-state index contributed by atoms with van der Waals surface area (Å²) in [5.74, 6) is 0.264. The Balaban J connectivity index is 0.00000176. The molecule has 3 heteroatoms. The molecular weight excluding hydrogens is 339 g/mol. The molecule has 0 saturated heterocycles. The van der Waals surface area contributed by atoms with Crippen molar-refractivity contribution in [3.05, 3.63) is 53.3 Å². The number of hydrogen-bond donors (Lipinski definition) is 1. The first-order chi connectivity index (χ1) is 12.7. The smallest absolute Gasteiger partial charge is 0.131 e. The van der Waals surface area contributed by atoms with Gasteiger partial charge in [-0.05, 0) is 53.1 Å². The summed E-state index contributed by atoms with van der Waals surface area (Å²) in [5.41, 5.74) is 2.04. The molecule has 0 heterocycles. The molecule has 150 valence electrons. The van der Waals surface area contributed by atoms with Gasteiger partial charge in [0.1, 0.15) is 11.6 Å². The van der Waals surface area contributed by atoms with E-state index in [1.165, 1.54) is 6.07 Å². The highest BCUT2D eigenvalue weighted by atomic mass is 19.1. The molecule has 0 saturated carbocycles. The molecule has 0 aliphatic heterocycles. The van der Waals surface area contributed by atoms with Crippen molar-refractivity contribution >= 4 is 0 Å². The van der Waals surface area contributed by atoms with Gasteiger partial charge in [0.15, 0.2) is 0 Å². The van der Waals surface area contributed by atoms with Crippen LogP contribution in [0.3, 0.4) is 0 Å². The van der Waals surface area contributed by atoms with Gasteiger partial charge in [-0.15, -0.1) is 0 Å². The zero-order chi connectivity index (χ0) is 20.8. The molecule has 27 heavy (non-hydrogen) atoms. The number of benzene rings is 2. The first kappa shape index (κ1) is 23.2. The molecule has 2 aromatic rings. The Morgan fingerprint density at radius 2 is 1.56 bits per heavy atom.